The summed E-state index contributed by atoms with van der Waals surface area (Å²) in [7, 11) is 0. The van der Waals surface area contributed by atoms with E-state index in [1.807, 2.05) is 0 Å². The minimum atomic E-state index is -0.765. The molecule has 2 N–H and O–H groups in total. The third kappa shape index (κ3) is 3.19. The second-order valence-electron chi connectivity index (χ2n) is 6.72. The Kier molecular flexibility index (Phi) is 4.84. The number of imidazole rings is 1. The lowest BCUT2D eigenvalue weighted by molar-refractivity contribution is -0.393. The summed E-state index contributed by atoms with van der Waals surface area (Å²) in [4.78, 5) is 38.2. The topological polar surface area (TPSA) is 168 Å². The summed E-state index contributed by atoms with van der Waals surface area (Å²) in [6.07, 6.45) is 1.28. The van der Waals surface area contributed by atoms with Crippen molar-refractivity contribution < 1.29 is 9.85 Å². The molecule has 0 aliphatic carbocycles. The van der Waals surface area contributed by atoms with Crippen molar-refractivity contribution in [2.75, 3.05) is 5.43 Å². The first kappa shape index (κ1) is 20.2. The number of aromatic nitrogens is 2. The number of rotatable bonds is 5. The van der Waals surface area contributed by atoms with Crippen LogP contribution in [0.25, 0.3) is 22.9 Å². The number of pyridine rings is 1. The lowest BCUT2D eigenvalue weighted by Gasteiger charge is -2.07. The van der Waals surface area contributed by atoms with Crippen LogP contribution in [-0.4, -0.2) is 19.2 Å². The number of benzene rings is 2. The molecular formula is C20H13N7O5. The van der Waals surface area contributed by atoms with E-state index >= 15 is 0 Å². The van der Waals surface area contributed by atoms with E-state index < -0.39 is 26.8 Å². The number of nitriles is 1. The zero-order chi connectivity index (χ0) is 23.0. The molecule has 0 aliphatic heterocycles. The van der Waals surface area contributed by atoms with E-state index in [1.165, 1.54) is 16.7 Å². The molecule has 4 aromatic rings. The Morgan fingerprint density at radius 3 is 2.59 bits per heavy atom. The van der Waals surface area contributed by atoms with Crippen LogP contribution in [0.2, 0.25) is 0 Å². The number of nitro benzene ring substituents is 2. The Bertz CT molecular complexity index is 1590. The molecule has 12 nitrogen and oxygen atoms in total. The second kappa shape index (κ2) is 7.65. The fourth-order valence-electron chi connectivity index (χ4n) is 3.36. The zero-order valence-corrected chi connectivity index (χ0v) is 16.4. The summed E-state index contributed by atoms with van der Waals surface area (Å²) in [5.41, 5.74) is 5.69. The van der Waals surface area contributed by atoms with Crippen molar-refractivity contribution in [1.82, 2.24) is 14.8 Å². The fourth-order valence-corrected chi connectivity index (χ4v) is 3.36. The third-order valence-electron chi connectivity index (χ3n) is 4.92. The van der Waals surface area contributed by atoms with Crippen LogP contribution in [0.4, 0.5) is 17.1 Å². The highest BCUT2D eigenvalue weighted by molar-refractivity contribution is 5.82. The maximum atomic E-state index is 13.2. The molecule has 0 atom stereocenters. The van der Waals surface area contributed by atoms with Gasteiger partial charge in [0.15, 0.2) is 5.65 Å². The Balaban J connectivity index is 1.81. The summed E-state index contributed by atoms with van der Waals surface area (Å²) in [5.74, 6) is 0. The van der Waals surface area contributed by atoms with Crippen LogP contribution in [0, 0.1) is 38.5 Å². The van der Waals surface area contributed by atoms with Gasteiger partial charge in [0, 0.05) is 12.3 Å². The smallest absolute Gasteiger partial charge is 0.300 e. The Labute approximate surface area is 178 Å². The van der Waals surface area contributed by atoms with Crippen molar-refractivity contribution in [3.05, 3.63) is 89.4 Å². The molecule has 0 bridgehead atoms. The molecule has 12 heteroatoms. The standard InChI is InChI=1S/C20H13N7O5/c1-11-13(9-21)19-23-15-4-2-3-5-17(15)25(19)20(28)14(11)10-22-24-16-7-6-12(26(29)30)8-18(16)27(31)32/h2-8,10,22,24H,1H3/b14-10-. The van der Waals surface area contributed by atoms with Gasteiger partial charge in [-0.05, 0) is 30.7 Å². The van der Waals surface area contributed by atoms with Gasteiger partial charge in [-0.3, -0.25) is 34.8 Å². The molecule has 2 aromatic heterocycles. The molecule has 0 fully saturated rings. The summed E-state index contributed by atoms with van der Waals surface area (Å²) < 4.78 is 1.34. The van der Waals surface area contributed by atoms with E-state index in [1.54, 1.807) is 31.2 Å². The number of nitrogens with one attached hydrogen (secondary N) is 2. The molecule has 0 spiro atoms. The lowest BCUT2D eigenvalue weighted by atomic mass is 10.1. The molecule has 2 heterocycles. The number of anilines is 1. The second-order valence-corrected chi connectivity index (χ2v) is 6.72. The first-order chi connectivity index (χ1) is 15.3. The number of hydrazine groups is 1. The van der Waals surface area contributed by atoms with Crippen molar-refractivity contribution in [2.45, 2.75) is 6.92 Å². The van der Waals surface area contributed by atoms with Crippen molar-refractivity contribution >= 4 is 39.9 Å². The molecule has 0 unspecified atom stereocenters. The van der Waals surface area contributed by atoms with Crippen LogP contribution in [0.3, 0.4) is 0 Å². The average molecular weight is 431 g/mol. The lowest BCUT2D eigenvalue weighted by Crippen LogP contribution is -2.36. The fraction of sp³-hybridized carbons (Fsp3) is 0.0500. The summed E-state index contributed by atoms with van der Waals surface area (Å²) in [5, 5.41) is 31.9. The van der Waals surface area contributed by atoms with Gasteiger partial charge in [0.05, 0.1) is 37.7 Å². The van der Waals surface area contributed by atoms with E-state index in [2.05, 4.69) is 21.9 Å². The van der Waals surface area contributed by atoms with Gasteiger partial charge in [-0.1, -0.05) is 12.1 Å². The predicted molar refractivity (Wildman–Crippen MR) is 115 cm³/mol. The Morgan fingerprint density at radius 1 is 1.16 bits per heavy atom. The molecule has 0 aliphatic rings. The number of non-ortho nitro benzene ring substituents is 1. The van der Waals surface area contributed by atoms with Crippen LogP contribution < -0.4 is 21.6 Å². The highest BCUT2D eigenvalue weighted by Crippen LogP contribution is 2.28. The minimum absolute atomic E-state index is 0.0448. The van der Waals surface area contributed by atoms with E-state index in [0.29, 0.717) is 16.6 Å². The number of nitrogens with zero attached hydrogens (tertiary/aromatic N) is 5. The highest BCUT2D eigenvalue weighted by atomic mass is 16.6. The van der Waals surface area contributed by atoms with Crippen molar-refractivity contribution in [3.63, 3.8) is 0 Å². The molecular weight excluding hydrogens is 418 g/mol. The molecule has 158 valence electrons. The van der Waals surface area contributed by atoms with E-state index in [9.17, 15) is 30.3 Å². The number of hydrogen-bond donors (Lipinski definition) is 2. The molecule has 2 aromatic carbocycles. The summed E-state index contributed by atoms with van der Waals surface area (Å²) in [6.45, 7) is 1.60. The minimum Gasteiger partial charge on any atom is -0.307 e. The third-order valence-corrected chi connectivity index (χ3v) is 4.92. The van der Waals surface area contributed by atoms with Gasteiger partial charge in [-0.15, -0.1) is 0 Å². The average Bonchev–Trinajstić information content (AvgIpc) is 3.15. The van der Waals surface area contributed by atoms with Gasteiger partial charge in [-0.25, -0.2) is 4.98 Å². The van der Waals surface area contributed by atoms with Gasteiger partial charge in [-0.2, -0.15) is 5.26 Å². The maximum absolute atomic E-state index is 13.2. The van der Waals surface area contributed by atoms with Crippen LogP contribution in [0.5, 0.6) is 0 Å². The van der Waals surface area contributed by atoms with Crippen molar-refractivity contribution in [1.29, 1.82) is 5.26 Å². The van der Waals surface area contributed by atoms with Gasteiger partial charge in [0.1, 0.15) is 11.8 Å². The monoisotopic (exact) mass is 431 g/mol. The van der Waals surface area contributed by atoms with E-state index in [0.717, 1.165) is 12.1 Å². The maximum Gasteiger partial charge on any atom is 0.300 e. The number of nitro groups is 2. The molecule has 0 saturated heterocycles. The van der Waals surface area contributed by atoms with Crippen LogP contribution >= 0.6 is 0 Å². The van der Waals surface area contributed by atoms with Gasteiger partial charge < -0.3 is 5.43 Å². The highest BCUT2D eigenvalue weighted by Gasteiger charge is 2.19. The normalized spacial score (nSPS) is 11.4. The SMILES string of the molecule is Cc1c(C#N)c2nc3ccccc3n2c(=O)/c1=C\NNc1ccc([N+](=O)[O-])cc1[N+](=O)[O-]. The first-order valence-corrected chi connectivity index (χ1v) is 9.12. The van der Waals surface area contributed by atoms with Gasteiger partial charge >= 0.3 is 5.69 Å². The number of para-hydroxylation sites is 2. The molecule has 4 rings (SSSR count). The number of hydrogen-bond acceptors (Lipinski definition) is 9. The molecule has 32 heavy (non-hydrogen) atoms. The summed E-state index contributed by atoms with van der Waals surface area (Å²) in [6, 6.07) is 12.1. The van der Waals surface area contributed by atoms with Crippen LogP contribution in [0.15, 0.2) is 47.3 Å². The molecule has 0 radical (unpaired) electrons. The van der Waals surface area contributed by atoms with Gasteiger partial charge in [0.25, 0.3) is 11.2 Å². The largest absolute Gasteiger partial charge is 0.307 e. The molecule has 0 saturated carbocycles. The first-order valence-electron chi connectivity index (χ1n) is 9.12. The van der Waals surface area contributed by atoms with Gasteiger partial charge in [0.2, 0.25) is 0 Å². The van der Waals surface area contributed by atoms with E-state index in [-0.39, 0.29) is 22.1 Å². The van der Waals surface area contributed by atoms with Crippen LogP contribution in [-0.2, 0) is 0 Å². The van der Waals surface area contributed by atoms with Crippen molar-refractivity contribution in [2.24, 2.45) is 0 Å². The molecule has 0 amide bonds. The summed E-state index contributed by atoms with van der Waals surface area (Å²) >= 11 is 0. The van der Waals surface area contributed by atoms with E-state index in [4.69, 9.17) is 0 Å². The Hall–Kier alpha value is -5.05. The zero-order valence-electron chi connectivity index (χ0n) is 16.4. The van der Waals surface area contributed by atoms with Crippen LogP contribution in [0.1, 0.15) is 11.1 Å². The quantitative estimate of drug-likeness (QED) is 0.354. The van der Waals surface area contributed by atoms with Crippen molar-refractivity contribution in [3.8, 4) is 6.07 Å². The number of fused-ring (bicyclic) bond motifs is 3. The Morgan fingerprint density at radius 2 is 1.91 bits per heavy atom. The predicted octanol–water partition coefficient (Wildman–Crippen LogP) is 1.92.